The summed E-state index contributed by atoms with van der Waals surface area (Å²) in [4.78, 5) is 56.0. The molecule has 1 atom stereocenters. The summed E-state index contributed by atoms with van der Waals surface area (Å²) in [6.45, 7) is 9.36. The lowest BCUT2D eigenvalue weighted by Gasteiger charge is -2.38. The summed E-state index contributed by atoms with van der Waals surface area (Å²) in [6, 6.07) is 13.0. The lowest BCUT2D eigenvalue weighted by Crippen LogP contribution is -2.49. The van der Waals surface area contributed by atoms with Crippen LogP contribution in [0.15, 0.2) is 48.5 Å². The molecule has 68 heavy (non-hydrogen) atoms. The molecule has 4 amide bonds. The van der Waals surface area contributed by atoms with Gasteiger partial charge in [-0.15, -0.1) is 0 Å². The second-order valence-electron chi connectivity index (χ2n) is 19.5. The second-order valence-corrected chi connectivity index (χ2v) is 19.9. The summed E-state index contributed by atoms with van der Waals surface area (Å²) in [5.41, 5.74) is 8.95. The Morgan fingerprint density at radius 1 is 0.971 bits per heavy atom. The number of methoxy groups -OCH3 is 1. The number of hydrogen-bond donors (Lipinski definition) is 3. The fourth-order valence-electron chi connectivity index (χ4n) is 10.9. The number of carbonyl (C=O) groups is 3. The zero-order valence-corrected chi connectivity index (χ0v) is 40.4. The second kappa shape index (κ2) is 21.2. The number of aryl methyl sites for hydroxylation is 1. The first-order chi connectivity index (χ1) is 32.5. The maximum Gasteiger partial charge on any atom is 0.416 e. The highest BCUT2D eigenvalue weighted by atomic mass is 35.5. The molecule has 3 aliphatic heterocycles. The number of carbonyl (C=O) groups excluding carboxylic acids is 3. The number of benzene rings is 3. The number of nitrogens with one attached hydrogen (secondary N) is 2. The van der Waals surface area contributed by atoms with Crippen LogP contribution in [0.25, 0.3) is 10.9 Å². The van der Waals surface area contributed by atoms with Crippen molar-refractivity contribution in [1.82, 2.24) is 30.0 Å². The van der Waals surface area contributed by atoms with Crippen LogP contribution >= 0.6 is 11.6 Å². The SMILES string of the molecule is COc1cc2nc(C)nc(N[C@H](C)c3cc(N)cc(C(F)(F)F)c3)c2cc1[C@H]1CC[C@H](C(=O)N2CCC(CCCN(C)C3CCN(Cc4ccc(Cl)c(N5CCC(=O)NC5=O)c4)CC3)CC2)CC1. The van der Waals surface area contributed by atoms with E-state index in [1.165, 1.54) is 6.42 Å². The summed E-state index contributed by atoms with van der Waals surface area (Å²) < 4.78 is 46.8. The van der Waals surface area contributed by atoms with Crippen LogP contribution < -0.4 is 26.0 Å². The van der Waals surface area contributed by atoms with Gasteiger partial charge in [-0.3, -0.25) is 24.7 Å². The lowest BCUT2D eigenvalue weighted by molar-refractivity contribution is -0.138. The van der Waals surface area contributed by atoms with E-state index in [1.807, 2.05) is 30.3 Å². The topological polar surface area (TPSA) is 149 Å². The van der Waals surface area contributed by atoms with E-state index in [-0.39, 0.29) is 35.8 Å². The van der Waals surface area contributed by atoms with Crippen LogP contribution in [0.5, 0.6) is 5.75 Å². The van der Waals surface area contributed by atoms with Crippen LogP contribution in [-0.2, 0) is 22.3 Å². The van der Waals surface area contributed by atoms with Crippen molar-refractivity contribution in [2.45, 2.75) is 115 Å². The number of imide groups is 1. The predicted octanol–water partition coefficient (Wildman–Crippen LogP) is 9.71. The minimum absolute atomic E-state index is 0.00206. The van der Waals surface area contributed by atoms with Crippen molar-refractivity contribution in [1.29, 1.82) is 0 Å². The van der Waals surface area contributed by atoms with Gasteiger partial charge in [0, 0.05) is 61.7 Å². The van der Waals surface area contributed by atoms with E-state index in [0.29, 0.717) is 51.9 Å². The van der Waals surface area contributed by atoms with E-state index in [4.69, 9.17) is 22.1 Å². The number of halogens is 4. The average molecular weight is 961 g/mol. The van der Waals surface area contributed by atoms with Gasteiger partial charge in [0.2, 0.25) is 11.8 Å². The molecule has 1 aliphatic carbocycles. The molecule has 13 nitrogen and oxygen atoms in total. The van der Waals surface area contributed by atoms with E-state index in [1.54, 1.807) is 31.9 Å². The smallest absolute Gasteiger partial charge is 0.416 e. The predicted molar refractivity (Wildman–Crippen MR) is 260 cm³/mol. The number of rotatable bonds is 14. The number of nitrogen functional groups attached to an aromatic ring is 1. The third-order valence-electron chi connectivity index (χ3n) is 14.8. The van der Waals surface area contributed by atoms with Gasteiger partial charge in [-0.25, -0.2) is 14.8 Å². The molecule has 17 heteroatoms. The highest BCUT2D eigenvalue weighted by Gasteiger charge is 2.35. The highest BCUT2D eigenvalue weighted by molar-refractivity contribution is 6.34. The number of nitrogens with zero attached hydrogens (tertiary/aromatic N) is 6. The first-order valence-electron chi connectivity index (χ1n) is 24.2. The number of likely N-dealkylation sites (tertiary alicyclic amines) is 2. The van der Waals surface area contributed by atoms with Crippen LogP contribution in [-0.4, -0.2) is 102 Å². The summed E-state index contributed by atoms with van der Waals surface area (Å²) >= 11 is 6.48. The van der Waals surface area contributed by atoms with E-state index in [9.17, 15) is 27.6 Å². The first-order valence-corrected chi connectivity index (χ1v) is 24.6. The Hall–Kier alpha value is -5.19. The summed E-state index contributed by atoms with van der Waals surface area (Å²) in [5.74, 6) is 2.57. The van der Waals surface area contributed by atoms with Gasteiger partial charge in [0.05, 0.1) is 34.9 Å². The molecule has 3 aromatic carbocycles. The van der Waals surface area contributed by atoms with E-state index >= 15 is 0 Å². The summed E-state index contributed by atoms with van der Waals surface area (Å²) in [5, 5.41) is 6.97. The Bertz CT molecular complexity index is 2470. The van der Waals surface area contributed by atoms with Crippen LogP contribution in [0.3, 0.4) is 0 Å². The van der Waals surface area contributed by atoms with E-state index < -0.39 is 23.8 Å². The maximum absolute atomic E-state index is 13.9. The number of nitrogens with two attached hydrogens (primary N) is 1. The van der Waals surface area contributed by atoms with Crippen molar-refractivity contribution in [2.75, 3.05) is 69.4 Å². The van der Waals surface area contributed by atoms with Crippen molar-refractivity contribution in [3.63, 3.8) is 0 Å². The number of anilines is 3. The van der Waals surface area contributed by atoms with Crippen molar-refractivity contribution in [2.24, 2.45) is 11.8 Å². The molecule has 4 aromatic rings. The number of aromatic nitrogens is 2. The van der Waals surface area contributed by atoms with Gasteiger partial charge < -0.3 is 25.6 Å². The van der Waals surface area contributed by atoms with Gasteiger partial charge in [0.1, 0.15) is 17.4 Å². The van der Waals surface area contributed by atoms with Crippen molar-refractivity contribution in [3.05, 3.63) is 81.6 Å². The molecule has 0 unspecified atom stereocenters. The van der Waals surface area contributed by atoms with Crippen LogP contribution in [0.4, 0.5) is 35.2 Å². The normalized spacial score (nSPS) is 20.8. The monoisotopic (exact) mass is 959 g/mol. The van der Waals surface area contributed by atoms with Gasteiger partial charge in [0.25, 0.3) is 0 Å². The van der Waals surface area contributed by atoms with Crippen molar-refractivity contribution in [3.8, 4) is 5.75 Å². The fraction of sp³-hybridized carbons (Fsp3) is 0.549. The largest absolute Gasteiger partial charge is 0.496 e. The Labute approximate surface area is 402 Å². The highest BCUT2D eigenvalue weighted by Crippen LogP contribution is 2.43. The molecular formula is C51H65ClF3N9O4. The van der Waals surface area contributed by atoms with Crippen molar-refractivity contribution >= 4 is 57.5 Å². The summed E-state index contributed by atoms with van der Waals surface area (Å²) in [6.07, 6.45) is 5.61. The molecule has 366 valence electrons. The molecule has 4 N–H and O–H groups in total. The number of fused-ring (bicyclic) bond motifs is 1. The maximum atomic E-state index is 13.9. The molecular weight excluding hydrogens is 895 g/mol. The van der Waals surface area contributed by atoms with Gasteiger partial charge >= 0.3 is 12.2 Å². The minimum atomic E-state index is -4.52. The number of urea groups is 1. The number of piperidine rings is 2. The molecule has 8 rings (SSSR count). The third-order valence-corrected chi connectivity index (χ3v) is 15.1. The zero-order chi connectivity index (χ0) is 48.3. The van der Waals surface area contributed by atoms with Gasteiger partial charge in [-0.2, -0.15) is 13.2 Å². The van der Waals surface area contributed by atoms with Crippen LogP contribution in [0, 0.1) is 18.8 Å². The molecule has 1 aromatic heterocycles. The Kier molecular flexibility index (Phi) is 15.4. The number of amides is 4. The lowest BCUT2D eigenvalue weighted by atomic mass is 9.77. The van der Waals surface area contributed by atoms with E-state index in [2.05, 4.69) is 42.3 Å². The molecule has 0 bridgehead atoms. The zero-order valence-electron chi connectivity index (χ0n) is 39.6. The molecule has 0 radical (unpaired) electrons. The van der Waals surface area contributed by atoms with Gasteiger partial charge in [-0.05, 0) is 170 Å². The molecule has 0 spiro atoms. The van der Waals surface area contributed by atoms with Crippen molar-refractivity contribution < 1.29 is 32.3 Å². The Morgan fingerprint density at radius 2 is 1.71 bits per heavy atom. The molecule has 4 heterocycles. The average Bonchev–Trinajstić information content (AvgIpc) is 3.31. The van der Waals surface area contributed by atoms with Gasteiger partial charge in [-0.1, -0.05) is 17.7 Å². The number of ether oxygens (including phenoxy) is 1. The standard InChI is InChI=1S/C51H65ClF3N9O4/c1-31(37-25-38(51(53,54)55)27-39(56)26-37)57-48-42-28-41(46(68-4)29-44(42)58-32(2)59-48)35-8-10-36(11-9-35)49(66)63-21-13-33(14-22-63)6-5-18-61(3)40-15-19-62(20-16-40)30-34-7-12-43(52)45(24-34)64-23-17-47(65)60-50(64)67/h7,12,24-29,31,33,35-36,40H,5-6,8-11,13-23,30,56H2,1-4H3,(H,57,58,59)(H,60,65,67)/t31-,35-,36-/m1/s1. The van der Waals surface area contributed by atoms with Crippen LogP contribution in [0.2, 0.25) is 5.02 Å². The number of alkyl halides is 3. The molecule has 4 aliphatic rings. The molecule has 3 saturated heterocycles. The van der Waals surface area contributed by atoms with E-state index in [0.717, 1.165) is 131 Å². The Morgan fingerprint density at radius 3 is 2.40 bits per heavy atom. The van der Waals surface area contributed by atoms with Gasteiger partial charge in [0.15, 0.2) is 0 Å². The van der Waals surface area contributed by atoms with Crippen LogP contribution in [0.1, 0.15) is 118 Å². The third kappa shape index (κ3) is 11.6. The molecule has 4 fully saturated rings. The minimum Gasteiger partial charge on any atom is -0.496 e. The fourth-order valence-corrected chi connectivity index (χ4v) is 11.1. The number of hydrogen-bond acceptors (Lipinski definition) is 10. The quantitative estimate of drug-likeness (QED) is 0.104. The summed E-state index contributed by atoms with van der Waals surface area (Å²) in [7, 11) is 3.90. The Balaban J connectivity index is 0.774. The molecule has 1 saturated carbocycles. The first kappa shape index (κ1) is 49.2.